The Bertz CT molecular complexity index is 927. The molecule has 0 saturated heterocycles. The maximum absolute atomic E-state index is 12.6. The monoisotopic (exact) mass is 373 g/mol. The van der Waals surface area contributed by atoms with Gasteiger partial charge in [0, 0.05) is 36.1 Å². The summed E-state index contributed by atoms with van der Waals surface area (Å²) in [6.07, 6.45) is 4.05. The van der Waals surface area contributed by atoms with Gasteiger partial charge in [-0.2, -0.15) is 0 Å². The summed E-state index contributed by atoms with van der Waals surface area (Å²) in [4.78, 5) is 28.8. The van der Waals surface area contributed by atoms with E-state index in [4.69, 9.17) is 0 Å². The molecule has 1 atom stereocenters. The van der Waals surface area contributed by atoms with Crippen molar-refractivity contribution >= 4 is 17.5 Å². The predicted octanol–water partition coefficient (Wildman–Crippen LogP) is 4.26. The van der Waals surface area contributed by atoms with Gasteiger partial charge < -0.3 is 10.6 Å². The molecule has 1 aromatic heterocycles. The third kappa shape index (κ3) is 5.04. The second-order valence-electron chi connectivity index (χ2n) is 6.50. The summed E-state index contributed by atoms with van der Waals surface area (Å²) in [5.74, 6) is -0.161. The normalized spacial score (nSPS) is 11.5. The first-order chi connectivity index (χ1) is 13.7. The number of pyridine rings is 1. The number of rotatable bonds is 7. The number of amides is 2. The number of aromatic nitrogens is 1. The Labute approximate surface area is 164 Å². The molecule has 1 unspecified atom stereocenters. The molecule has 0 bridgehead atoms. The molecule has 0 saturated carbocycles. The molecular weight excluding hydrogens is 350 g/mol. The van der Waals surface area contributed by atoms with Crippen LogP contribution in [0.15, 0.2) is 79.1 Å². The van der Waals surface area contributed by atoms with Crippen LogP contribution < -0.4 is 10.6 Å². The molecule has 0 aliphatic heterocycles. The van der Waals surface area contributed by atoms with Crippen molar-refractivity contribution in [2.75, 3.05) is 11.9 Å². The van der Waals surface area contributed by atoms with Crippen LogP contribution in [0, 0.1) is 0 Å². The van der Waals surface area contributed by atoms with E-state index in [0.29, 0.717) is 23.4 Å². The van der Waals surface area contributed by atoms with Crippen molar-refractivity contribution < 1.29 is 9.59 Å². The highest BCUT2D eigenvalue weighted by molar-refractivity contribution is 6.04. The first kappa shape index (κ1) is 19.3. The topological polar surface area (TPSA) is 71.1 Å². The molecule has 28 heavy (non-hydrogen) atoms. The maximum Gasteiger partial charge on any atom is 0.257 e. The minimum absolute atomic E-state index is 0.160. The zero-order valence-corrected chi connectivity index (χ0v) is 15.8. The fraction of sp³-hybridized carbons (Fsp3) is 0.174. The van der Waals surface area contributed by atoms with Crippen LogP contribution in [-0.2, 0) is 0 Å². The molecule has 3 rings (SSSR count). The second kappa shape index (κ2) is 9.46. The Hall–Kier alpha value is -3.47. The number of nitrogens with one attached hydrogen (secondary N) is 2. The Morgan fingerprint density at radius 1 is 0.929 bits per heavy atom. The van der Waals surface area contributed by atoms with Crippen molar-refractivity contribution in [3.05, 3.63) is 95.8 Å². The molecule has 1 heterocycles. The van der Waals surface area contributed by atoms with Gasteiger partial charge in [-0.3, -0.25) is 14.6 Å². The molecule has 2 aromatic carbocycles. The lowest BCUT2D eigenvalue weighted by molar-refractivity contribution is 0.0949. The van der Waals surface area contributed by atoms with Crippen molar-refractivity contribution in [2.45, 2.75) is 19.3 Å². The average molecular weight is 373 g/mol. The number of hydrogen-bond acceptors (Lipinski definition) is 3. The van der Waals surface area contributed by atoms with Crippen LogP contribution >= 0.6 is 0 Å². The predicted molar refractivity (Wildman–Crippen MR) is 110 cm³/mol. The number of hydrogen-bond donors (Lipinski definition) is 2. The summed E-state index contributed by atoms with van der Waals surface area (Å²) in [5.41, 5.74) is 2.75. The highest BCUT2D eigenvalue weighted by Crippen LogP contribution is 2.18. The van der Waals surface area contributed by atoms with Gasteiger partial charge in [-0.1, -0.05) is 43.3 Å². The van der Waals surface area contributed by atoms with Crippen molar-refractivity contribution in [3.8, 4) is 0 Å². The van der Waals surface area contributed by atoms with E-state index in [1.165, 1.54) is 11.8 Å². The average Bonchev–Trinajstić information content (AvgIpc) is 2.75. The quantitative estimate of drug-likeness (QED) is 0.650. The lowest BCUT2D eigenvalue weighted by Crippen LogP contribution is -2.28. The van der Waals surface area contributed by atoms with E-state index in [9.17, 15) is 9.59 Å². The molecule has 2 amide bonds. The van der Waals surface area contributed by atoms with Crippen LogP contribution in [0.2, 0.25) is 0 Å². The van der Waals surface area contributed by atoms with Crippen molar-refractivity contribution in [3.63, 3.8) is 0 Å². The van der Waals surface area contributed by atoms with Gasteiger partial charge in [-0.05, 0) is 42.3 Å². The van der Waals surface area contributed by atoms with Gasteiger partial charge in [0.15, 0.2) is 0 Å². The van der Waals surface area contributed by atoms with Crippen molar-refractivity contribution in [2.24, 2.45) is 0 Å². The van der Waals surface area contributed by atoms with Gasteiger partial charge in [0.25, 0.3) is 11.8 Å². The summed E-state index contributed by atoms with van der Waals surface area (Å²) in [6.45, 7) is 2.67. The lowest BCUT2D eigenvalue weighted by atomic mass is 9.96. The SMILES string of the molecule is CCC(CNC(=O)c1cccc(NC(=O)c2cccnc2)c1)c1ccccc1. The van der Waals surface area contributed by atoms with Crippen LogP contribution in [0.4, 0.5) is 5.69 Å². The minimum atomic E-state index is -0.263. The summed E-state index contributed by atoms with van der Waals surface area (Å²) in [5, 5.41) is 5.80. The zero-order valence-electron chi connectivity index (χ0n) is 15.8. The largest absolute Gasteiger partial charge is 0.351 e. The zero-order chi connectivity index (χ0) is 19.8. The highest BCUT2D eigenvalue weighted by Gasteiger charge is 2.13. The molecular formula is C23H23N3O2. The Kier molecular flexibility index (Phi) is 6.52. The molecule has 5 heteroatoms. The van der Waals surface area contributed by atoms with E-state index in [1.54, 1.807) is 42.6 Å². The Morgan fingerprint density at radius 3 is 2.43 bits per heavy atom. The van der Waals surface area contributed by atoms with Crippen LogP contribution in [0.3, 0.4) is 0 Å². The van der Waals surface area contributed by atoms with Gasteiger partial charge in [0.05, 0.1) is 5.56 Å². The van der Waals surface area contributed by atoms with Crippen molar-refractivity contribution in [1.29, 1.82) is 0 Å². The van der Waals surface area contributed by atoms with Gasteiger partial charge in [0.1, 0.15) is 0 Å². The molecule has 0 fully saturated rings. The van der Waals surface area contributed by atoms with Gasteiger partial charge in [0.2, 0.25) is 0 Å². The summed E-state index contributed by atoms with van der Waals surface area (Å²) >= 11 is 0. The molecule has 142 valence electrons. The van der Waals surface area contributed by atoms with Gasteiger partial charge in [-0.25, -0.2) is 0 Å². The van der Waals surface area contributed by atoms with Crippen LogP contribution in [-0.4, -0.2) is 23.3 Å². The number of carbonyl (C=O) groups excluding carboxylic acids is 2. The maximum atomic E-state index is 12.6. The number of nitrogens with zero attached hydrogens (tertiary/aromatic N) is 1. The lowest BCUT2D eigenvalue weighted by Gasteiger charge is -2.16. The third-order valence-corrected chi connectivity index (χ3v) is 4.58. The molecule has 3 aromatic rings. The number of benzene rings is 2. The second-order valence-corrected chi connectivity index (χ2v) is 6.50. The molecule has 0 aliphatic carbocycles. The molecule has 0 spiro atoms. The Morgan fingerprint density at radius 2 is 1.71 bits per heavy atom. The first-order valence-corrected chi connectivity index (χ1v) is 9.32. The summed E-state index contributed by atoms with van der Waals surface area (Å²) in [7, 11) is 0. The van der Waals surface area contributed by atoms with E-state index in [0.717, 1.165) is 6.42 Å². The van der Waals surface area contributed by atoms with E-state index in [1.807, 2.05) is 18.2 Å². The summed E-state index contributed by atoms with van der Waals surface area (Å²) in [6, 6.07) is 20.5. The van der Waals surface area contributed by atoms with Crippen LogP contribution in [0.1, 0.15) is 45.5 Å². The fourth-order valence-electron chi connectivity index (χ4n) is 2.98. The summed E-state index contributed by atoms with van der Waals surface area (Å²) < 4.78 is 0. The van der Waals surface area contributed by atoms with E-state index < -0.39 is 0 Å². The van der Waals surface area contributed by atoms with Gasteiger partial charge >= 0.3 is 0 Å². The molecule has 5 nitrogen and oxygen atoms in total. The molecule has 0 aliphatic rings. The smallest absolute Gasteiger partial charge is 0.257 e. The molecule has 0 radical (unpaired) electrons. The third-order valence-electron chi connectivity index (χ3n) is 4.58. The highest BCUT2D eigenvalue weighted by atomic mass is 16.2. The van der Waals surface area contributed by atoms with E-state index in [-0.39, 0.29) is 17.7 Å². The van der Waals surface area contributed by atoms with E-state index >= 15 is 0 Å². The van der Waals surface area contributed by atoms with Crippen molar-refractivity contribution in [1.82, 2.24) is 10.3 Å². The number of anilines is 1. The Balaban J connectivity index is 1.63. The van der Waals surface area contributed by atoms with E-state index in [2.05, 4.69) is 34.7 Å². The molecule has 2 N–H and O–H groups in total. The van der Waals surface area contributed by atoms with Crippen LogP contribution in [0.25, 0.3) is 0 Å². The standard InChI is InChI=1S/C23H23N3O2/c1-2-17(18-8-4-3-5-9-18)16-25-22(27)19-10-6-12-21(14-19)26-23(28)20-11-7-13-24-15-20/h3-15,17H,2,16H2,1H3,(H,25,27)(H,26,28). The first-order valence-electron chi connectivity index (χ1n) is 9.32. The van der Waals surface area contributed by atoms with Crippen LogP contribution in [0.5, 0.6) is 0 Å². The minimum Gasteiger partial charge on any atom is -0.351 e. The van der Waals surface area contributed by atoms with Gasteiger partial charge in [-0.15, -0.1) is 0 Å². The number of carbonyl (C=O) groups is 2. The fourth-order valence-corrected chi connectivity index (χ4v) is 2.98.